The lowest BCUT2D eigenvalue weighted by Gasteiger charge is -2.07. The molecule has 5 nitrogen and oxygen atoms in total. The molecule has 1 aromatic carbocycles. The molecule has 0 unspecified atom stereocenters. The summed E-state index contributed by atoms with van der Waals surface area (Å²) in [5.74, 6) is 1.79. The highest BCUT2D eigenvalue weighted by Gasteiger charge is 2.19. The van der Waals surface area contributed by atoms with Crippen LogP contribution in [0.25, 0.3) is 22.7 Å². The number of rotatable bonds is 3. The molecule has 3 rings (SSSR count). The summed E-state index contributed by atoms with van der Waals surface area (Å²) in [7, 11) is 0. The van der Waals surface area contributed by atoms with Crippen molar-refractivity contribution in [2.24, 2.45) is 0 Å². The van der Waals surface area contributed by atoms with E-state index in [1.165, 1.54) is 5.56 Å². The first-order chi connectivity index (χ1) is 10.2. The van der Waals surface area contributed by atoms with E-state index in [1.807, 2.05) is 12.1 Å². The van der Waals surface area contributed by atoms with Gasteiger partial charge in [0.1, 0.15) is 0 Å². The Kier molecular flexibility index (Phi) is 3.39. The van der Waals surface area contributed by atoms with Crippen LogP contribution in [0.15, 0.2) is 47.2 Å². The zero-order chi connectivity index (χ0) is 14.8. The van der Waals surface area contributed by atoms with Crippen molar-refractivity contribution in [2.45, 2.75) is 19.8 Å². The summed E-state index contributed by atoms with van der Waals surface area (Å²) in [6, 6.07) is 9.96. The maximum atomic E-state index is 5.95. The average molecular weight is 280 g/mol. The molecule has 3 aromatic rings. The molecule has 0 amide bonds. The van der Waals surface area contributed by atoms with Crippen LogP contribution in [0.1, 0.15) is 25.3 Å². The van der Waals surface area contributed by atoms with E-state index in [2.05, 4.69) is 41.1 Å². The summed E-state index contributed by atoms with van der Waals surface area (Å²) < 4.78 is 5.31. The SMILES string of the molecule is CC(C)c1ccc(-c2c(N)noc2-c2ncccn2)cc1. The first-order valence-electron chi connectivity index (χ1n) is 6.79. The van der Waals surface area contributed by atoms with Crippen LogP contribution in [0.5, 0.6) is 0 Å². The second-order valence-corrected chi connectivity index (χ2v) is 5.12. The van der Waals surface area contributed by atoms with Crippen molar-refractivity contribution in [3.8, 4) is 22.7 Å². The number of hydrogen-bond donors (Lipinski definition) is 1. The lowest BCUT2D eigenvalue weighted by molar-refractivity contribution is 0.433. The van der Waals surface area contributed by atoms with Gasteiger partial charge in [-0.05, 0) is 23.1 Å². The van der Waals surface area contributed by atoms with Crippen LogP contribution in [-0.4, -0.2) is 15.1 Å². The highest BCUT2D eigenvalue weighted by molar-refractivity contribution is 5.84. The molecule has 0 atom stereocenters. The van der Waals surface area contributed by atoms with Gasteiger partial charge in [-0.3, -0.25) is 0 Å². The predicted molar refractivity (Wildman–Crippen MR) is 81.5 cm³/mol. The lowest BCUT2D eigenvalue weighted by Crippen LogP contribution is -1.92. The molecule has 2 N–H and O–H groups in total. The highest BCUT2D eigenvalue weighted by atomic mass is 16.5. The van der Waals surface area contributed by atoms with Gasteiger partial charge in [0, 0.05) is 12.4 Å². The fourth-order valence-electron chi connectivity index (χ4n) is 2.19. The average Bonchev–Trinajstić information content (AvgIpc) is 2.90. The van der Waals surface area contributed by atoms with Crippen molar-refractivity contribution in [1.29, 1.82) is 0 Å². The minimum Gasteiger partial charge on any atom is -0.380 e. The van der Waals surface area contributed by atoms with Crippen LogP contribution in [-0.2, 0) is 0 Å². The third kappa shape index (κ3) is 2.50. The van der Waals surface area contributed by atoms with E-state index in [-0.39, 0.29) is 0 Å². The topological polar surface area (TPSA) is 77.8 Å². The van der Waals surface area contributed by atoms with E-state index in [4.69, 9.17) is 10.3 Å². The molecule has 0 saturated heterocycles. The van der Waals surface area contributed by atoms with E-state index >= 15 is 0 Å². The van der Waals surface area contributed by atoms with Crippen molar-refractivity contribution >= 4 is 5.82 Å². The van der Waals surface area contributed by atoms with E-state index in [9.17, 15) is 0 Å². The molecule has 0 aliphatic rings. The molecule has 106 valence electrons. The van der Waals surface area contributed by atoms with Crippen molar-refractivity contribution in [3.63, 3.8) is 0 Å². The Hall–Kier alpha value is -2.69. The summed E-state index contributed by atoms with van der Waals surface area (Å²) >= 11 is 0. The minimum atomic E-state index is 0.342. The largest absolute Gasteiger partial charge is 0.380 e. The van der Waals surface area contributed by atoms with E-state index in [0.29, 0.717) is 23.3 Å². The summed E-state index contributed by atoms with van der Waals surface area (Å²) in [5, 5.41) is 3.85. The Morgan fingerprint density at radius 3 is 2.33 bits per heavy atom. The van der Waals surface area contributed by atoms with Crippen LogP contribution in [0.3, 0.4) is 0 Å². The Morgan fingerprint density at radius 2 is 1.71 bits per heavy atom. The van der Waals surface area contributed by atoms with Crippen molar-refractivity contribution < 1.29 is 4.52 Å². The smallest absolute Gasteiger partial charge is 0.214 e. The van der Waals surface area contributed by atoms with Crippen LogP contribution >= 0.6 is 0 Å². The summed E-state index contributed by atoms with van der Waals surface area (Å²) in [5.41, 5.74) is 8.90. The van der Waals surface area contributed by atoms with Gasteiger partial charge in [0.25, 0.3) is 0 Å². The first kappa shape index (κ1) is 13.3. The van der Waals surface area contributed by atoms with Crippen LogP contribution < -0.4 is 5.73 Å². The number of anilines is 1. The Bertz CT molecular complexity index is 733. The highest BCUT2D eigenvalue weighted by Crippen LogP contribution is 2.35. The summed E-state index contributed by atoms with van der Waals surface area (Å²) in [6.45, 7) is 4.32. The zero-order valence-electron chi connectivity index (χ0n) is 11.9. The fourth-order valence-corrected chi connectivity index (χ4v) is 2.19. The fraction of sp³-hybridized carbons (Fsp3) is 0.188. The monoisotopic (exact) mass is 280 g/mol. The molecule has 5 heteroatoms. The summed E-state index contributed by atoms with van der Waals surface area (Å²) in [4.78, 5) is 8.39. The number of nitrogens with zero attached hydrogens (tertiary/aromatic N) is 3. The van der Waals surface area contributed by atoms with Crippen molar-refractivity contribution in [2.75, 3.05) is 5.73 Å². The normalized spacial score (nSPS) is 11.0. The summed E-state index contributed by atoms with van der Waals surface area (Å²) in [6.07, 6.45) is 3.32. The molecule has 0 saturated carbocycles. The molecule has 0 spiro atoms. The molecule has 21 heavy (non-hydrogen) atoms. The molecule has 2 heterocycles. The molecule has 2 aromatic heterocycles. The predicted octanol–water partition coefficient (Wildman–Crippen LogP) is 3.50. The standard InChI is InChI=1S/C16H16N4O/c1-10(2)11-4-6-12(7-5-11)13-14(21-20-15(13)17)16-18-8-3-9-19-16/h3-10H,1-2H3,(H2,17,20). The number of benzene rings is 1. The van der Waals surface area contributed by atoms with Crippen LogP contribution in [0, 0.1) is 0 Å². The van der Waals surface area contributed by atoms with E-state index in [1.54, 1.807) is 18.5 Å². The van der Waals surface area contributed by atoms with Gasteiger partial charge < -0.3 is 10.3 Å². The van der Waals surface area contributed by atoms with Crippen LogP contribution in [0.2, 0.25) is 0 Å². The van der Waals surface area contributed by atoms with Gasteiger partial charge in [-0.15, -0.1) is 0 Å². The molecule has 0 fully saturated rings. The second kappa shape index (κ2) is 5.36. The van der Waals surface area contributed by atoms with Gasteiger partial charge in [-0.1, -0.05) is 43.3 Å². The van der Waals surface area contributed by atoms with Crippen molar-refractivity contribution in [3.05, 3.63) is 48.3 Å². The Balaban J connectivity index is 2.08. The molecule has 0 bridgehead atoms. The zero-order valence-corrected chi connectivity index (χ0v) is 11.9. The van der Waals surface area contributed by atoms with Gasteiger partial charge >= 0.3 is 0 Å². The molecule has 0 aliphatic carbocycles. The maximum Gasteiger partial charge on any atom is 0.214 e. The van der Waals surface area contributed by atoms with Gasteiger partial charge in [0.15, 0.2) is 11.6 Å². The molecule has 0 radical (unpaired) electrons. The third-order valence-electron chi connectivity index (χ3n) is 3.35. The minimum absolute atomic E-state index is 0.342. The third-order valence-corrected chi connectivity index (χ3v) is 3.35. The van der Waals surface area contributed by atoms with E-state index < -0.39 is 0 Å². The molecule has 0 aliphatic heterocycles. The molecular weight excluding hydrogens is 264 g/mol. The Morgan fingerprint density at radius 1 is 1.05 bits per heavy atom. The first-order valence-corrected chi connectivity index (χ1v) is 6.79. The number of nitrogen functional groups attached to an aromatic ring is 1. The van der Waals surface area contributed by atoms with Crippen molar-refractivity contribution in [1.82, 2.24) is 15.1 Å². The molecular formula is C16H16N4O. The van der Waals surface area contributed by atoms with Gasteiger partial charge in [0.05, 0.1) is 5.56 Å². The van der Waals surface area contributed by atoms with E-state index in [0.717, 1.165) is 11.1 Å². The van der Waals surface area contributed by atoms with Gasteiger partial charge in [-0.25, -0.2) is 9.97 Å². The Labute approximate surface area is 122 Å². The van der Waals surface area contributed by atoms with Gasteiger partial charge in [0.2, 0.25) is 5.76 Å². The second-order valence-electron chi connectivity index (χ2n) is 5.12. The van der Waals surface area contributed by atoms with Gasteiger partial charge in [-0.2, -0.15) is 0 Å². The number of aromatic nitrogens is 3. The lowest BCUT2D eigenvalue weighted by atomic mass is 9.98. The number of nitrogens with two attached hydrogens (primary N) is 1. The quantitative estimate of drug-likeness (QED) is 0.794. The maximum absolute atomic E-state index is 5.95. The van der Waals surface area contributed by atoms with Crippen LogP contribution in [0.4, 0.5) is 5.82 Å². The number of hydrogen-bond acceptors (Lipinski definition) is 5.